The second kappa shape index (κ2) is 6.71. The van der Waals surface area contributed by atoms with Crippen LogP contribution in [0.4, 0.5) is 14.9 Å². The molecule has 0 saturated heterocycles. The predicted molar refractivity (Wildman–Crippen MR) is 88.1 cm³/mol. The molecule has 1 aliphatic rings. The van der Waals surface area contributed by atoms with Crippen LogP contribution < -0.4 is 20.1 Å². The molecule has 4 rings (SSSR count). The van der Waals surface area contributed by atoms with Gasteiger partial charge in [-0.2, -0.15) is 4.98 Å². The SMILES string of the molecule is O=C(NCc1nc(-c2ccc3c(c2)OCO3)no1)Nc1cccc(F)c1. The quantitative estimate of drug-likeness (QED) is 0.746. The number of ether oxygens (including phenoxy) is 2. The zero-order chi connectivity index (χ0) is 17.9. The molecule has 0 unspecified atom stereocenters. The molecule has 132 valence electrons. The molecule has 0 radical (unpaired) electrons. The normalized spacial score (nSPS) is 12.0. The van der Waals surface area contributed by atoms with Gasteiger partial charge in [0, 0.05) is 11.3 Å². The Morgan fingerprint density at radius 2 is 2.04 bits per heavy atom. The predicted octanol–water partition coefficient (Wildman–Crippen LogP) is 2.93. The van der Waals surface area contributed by atoms with E-state index >= 15 is 0 Å². The van der Waals surface area contributed by atoms with E-state index in [1.165, 1.54) is 18.2 Å². The first kappa shape index (κ1) is 15.9. The Morgan fingerprint density at radius 1 is 1.15 bits per heavy atom. The maximum atomic E-state index is 13.1. The number of halogens is 1. The highest BCUT2D eigenvalue weighted by atomic mass is 19.1. The minimum atomic E-state index is -0.515. The van der Waals surface area contributed by atoms with Crippen molar-refractivity contribution in [1.29, 1.82) is 0 Å². The number of hydrogen-bond acceptors (Lipinski definition) is 6. The average Bonchev–Trinajstić information content (AvgIpc) is 3.28. The first-order valence-corrected chi connectivity index (χ1v) is 7.70. The van der Waals surface area contributed by atoms with Gasteiger partial charge in [-0.3, -0.25) is 0 Å². The van der Waals surface area contributed by atoms with Crippen molar-refractivity contribution in [2.24, 2.45) is 0 Å². The Labute approximate surface area is 146 Å². The van der Waals surface area contributed by atoms with Gasteiger partial charge in [-0.15, -0.1) is 0 Å². The van der Waals surface area contributed by atoms with Gasteiger partial charge >= 0.3 is 6.03 Å². The van der Waals surface area contributed by atoms with Crippen molar-refractivity contribution >= 4 is 11.7 Å². The second-order valence-electron chi connectivity index (χ2n) is 5.40. The van der Waals surface area contributed by atoms with Crippen LogP contribution in [0.1, 0.15) is 5.89 Å². The van der Waals surface area contributed by atoms with Gasteiger partial charge in [0.25, 0.3) is 0 Å². The summed E-state index contributed by atoms with van der Waals surface area (Å²) >= 11 is 0. The summed E-state index contributed by atoms with van der Waals surface area (Å²) in [5.74, 6) is 1.43. The summed E-state index contributed by atoms with van der Waals surface area (Å²) in [5, 5.41) is 8.95. The van der Waals surface area contributed by atoms with E-state index in [0.29, 0.717) is 28.6 Å². The molecule has 1 aromatic heterocycles. The number of fused-ring (bicyclic) bond motifs is 1. The van der Waals surface area contributed by atoms with Crippen molar-refractivity contribution in [3.8, 4) is 22.9 Å². The van der Waals surface area contributed by atoms with Crippen LogP contribution in [0, 0.1) is 5.82 Å². The van der Waals surface area contributed by atoms with E-state index in [4.69, 9.17) is 14.0 Å². The molecule has 2 heterocycles. The number of carbonyl (C=O) groups excluding carboxylic acids is 1. The molecule has 8 nitrogen and oxygen atoms in total. The van der Waals surface area contributed by atoms with Crippen LogP contribution in [0.25, 0.3) is 11.4 Å². The Balaban J connectivity index is 1.37. The number of rotatable bonds is 4. The summed E-state index contributed by atoms with van der Waals surface area (Å²) in [5.41, 5.74) is 1.04. The third-order valence-corrected chi connectivity index (χ3v) is 3.58. The number of nitrogens with zero attached hydrogens (tertiary/aromatic N) is 2. The third kappa shape index (κ3) is 3.41. The molecule has 26 heavy (non-hydrogen) atoms. The lowest BCUT2D eigenvalue weighted by Gasteiger charge is -2.05. The molecule has 2 N–H and O–H groups in total. The van der Waals surface area contributed by atoms with Gasteiger partial charge < -0.3 is 24.6 Å². The Bertz CT molecular complexity index is 959. The fraction of sp³-hybridized carbons (Fsp3) is 0.118. The van der Waals surface area contributed by atoms with E-state index in [9.17, 15) is 9.18 Å². The molecular formula is C17H13FN4O4. The van der Waals surface area contributed by atoms with E-state index in [1.54, 1.807) is 24.3 Å². The molecule has 9 heteroatoms. The van der Waals surface area contributed by atoms with Crippen LogP contribution in [0.2, 0.25) is 0 Å². The third-order valence-electron chi connectivity index (χ3n) is 3.58. The van der Waals surface area contributed by atoms with E-state index < -0.39 is 11.8 Å². The van der Waals surface area contributed by atoms with Gasteiger partial charge in [0.15, 0.2) is 11.5 Å². The van der Waals surface area contributed by atoms with Crippen LogP contribution in [0.15, 0.2) is 47.0 Å². The van der Waals surface area contributed by atoms with Gasteiger partial charge in [-0.25, -0.2) is 9.18 Å². The number of amides is 2. The topological polar surface area (TPSA) is 98.5 Å². The van der Waals surface area contributed by atoms with Gasteiger partial charge in [0.05, 0.1) is 6.54 Å². The molecule has 2 aromatic carbocycles. The van der Waals surface area contributed by atoms with Crippen molar-refractivity contribution in [1.82, 2.24) is 15.5 Å². The average molecular weight is 356 g/mol. The summed E-state index contributed by atoms with van der Waals surface area (Å²) < 4.78 is 28.8. The maximum Gasteiger partial charge on any atom is 0.319 e. The number of nitrogens with one attached hydrogen (secondary N) is 2. The van der Waals surface area contributed by atoms with Crippen molar-refractivity contribution in [3.63, 3.8) is 0 Å². The fourth-order valence-corrected chi connectivity index (χ4v) is 2.38. The van der Waals surface area contributed by atoms with Crippen LogP contribution in [-0.2, 0) is 6.54 Å². The number of hydrogen-bond donors (Lipinski definition) is 2. The van der Waals surface area contributed by atoms with Gasteiger partial charge in [-0.05, 0) is 36.4 Å². The molecule has 0 bridgehead atoms. The van der Waals surface area contributed by atoms with Crippen LogP contribution in [-0.4, -0.2) is 23.0 Å². The minimum Gasteiger partial charge on any atom is -0.454 e. The number of anilines is 1. The van der Waals surface area contributed by atoms with E-state index in [2.05, 4.69) is 20.8 Å². The highest BCUT2D eigenvalue weighted by Gasteiger charge is 2.16. The van der Waals surface area contributed by atoms with Crippen LogP contribution in [0.5, 0.6) is 11.5 Å². The molecule has 0 atom stereocenters. The maximum absolute atomic E-state index is 13.1. The number of aromatic nitrogens is 2. The largest absolute Gasteiger partial charge is 0.454 e. The first-order valence-electron chi connectivity index (χ1n) is 7.70. The molecular weight excluding hydrogens is 343 g/mol. The molecule has 0 spiro atoms. The smallest absolute Gasteiger partial charge is 0.319 e. The molecule has 0 aliphatic carbocycles. The summed E-state index contributed by atoms with van der Waals surface area (Å²) in [7, 11) is 0. The first-order chi connectivity index (χ1) is 12.7. The number of benzene rings is 2. The second-order valence-corrected chi connectivity index (χ2v) is 5.40. The Kier molecular flexibility index (Phi) is 4.10. The molecule has 0 saturated carbocycles. The zero-order valence-electron chi connectivity index (χ0n) is 13.4. The van der Waals surface area contributed by atoms with Gasteiger partial charge in [0.1, 0.15) is 5.82 Å². The van der Waals surface area contributed by atoms with E-state index in [-0.39, 0.29) is 19.2 Å². The summed E-state index contributed by atoms with van der Waals surface area (Å²) in [4.78, 5) is 16.1. The van der Waals surface area contributed by atoms with Crippen LogP contribution >= 0.6 is 0 Å². The Morgan fingerprint density at radius 3 is 2.92 bits per heavy atom. The lowest BCUT2D eigenvalue weighted by atomic mass is 10.2. The minimum absolute atomic E-state index is 0.0265. The fourth-order valence-electron chi connectivity index (χ4n) is 2.38. The summed E-state index contributed by atoms with van der Waals surface area (Å²) in [6, 6.07) is 10.4. The number of urea groups is 1. The van der Waals surface area contributed by atoms with Crippen molar-refractivity contribution in [2.45, 2.75) is 6.54 Å². The van der Waals surface area contributed by atoms with Gasteiger partial charge in [-0.1, -0.05) is 11.2 Å². The monoisotopic (exact) mass is 356 g/mol. The standard InChI is InChI=1S/C17H13FN4O4/c18-11-2-1-3-12(7-11)20-17(23)19-8-15-21-16(22-26-15)10-4-5-13-14(6-10)25-9-24-13/h1-7H,8-9H2,(H2,19,20,23). The molecule has 0 fully saturated rings. The van der Waals surface area contributed by atoms with Gasteiger partial charge in [0.2, 0.25) is 18.5 Å². The van der Waals surface area contributed by atoms with E-state index in [0.717, 1.165) is 0 Å². The number of carbonyl (C=O) groups is 1. The lowest BCUT2D eigenvalue weighted by Crippen LogP contribution is -2.28. The van der Waals surface area contributed by atoms with Crippen LogP contribution in [0.3, 0.4) is 0 Å². The van der Waals surface area contributed by atoms with E-state index in [1.807, 2.05) is 0 Å². The highest BCUT2D eigenvalue weighted by Crippen LogP contribution is 2.35. The van der Waals surface area contributed by atoms with Crippen molar-refractivity contribution < 1.29 is 23.2 Å². The van der Waals surface area contributed by atoms with Crippen molar-refractivity contribution in [3.05, 3.63) is 54.2 Å². The molecule has 1 aliphatic heterocycles. The highest BCUT2D eigenvalue weighted by molar-refractivity contribution is 5.89. The summed E-state index contributed by atoms with van der Waals surface area (Å²) in [6.07, 6.45) is 0. The van der Waals surface area contributed by atoms with Crippen molar-refractivity contribution in [2.75, 3.05) is 12.1 Å². The molecule has 3 aromatic rings. The Hall–Kier alpha value is -3.62. The molecule has 2 amide bonds. The summed E-state index contributed by atoms with van der Waals surface area (Å²) in [6.45, 7) is 0.208. The lowest BCUT2D eigenvalue weighted by molar-refractivity contribution is 0.174. The zero-order valence-corrected chi connectivity index (χ0v) is 13.4.